The Bertz CT molecular complexity index is 425. The van der Waals surface area contributed by atoms with Gasteiger partial charge in [0.15, 0.2) is 0 Å². The fourth-order valence-electron chi connectivity index (χ4n) is 1.18. The predicted molar refractivity (Wildman–Crippen MR) is 61.5 cm³/mol. The number of sulfonamides is 1. The molecule has 16 heavy (non-hydrogen) atoms. The molecule has 0 saturated heterocycles. The third-order valence-electron chi connectivity index (χ3n) is 2.22. The molecule has 0 spiro atoms. The summed E-state index contributed by atoms with van der Waals surface area (Å²) in [5, 5.41) is 2.86. The van der Waals surface area contributed by atoms with Gasteiger partial charge in [0.2, 0.25) is 5.09 Å². The van der Waals surface area contributed by atoms with Crippen molar-refractivity contribution in [3.8, 4) is 0 Å². The summed E-state index contributed by atoms with van der Waals surface area (Å²) in [7, 11) is -1.74. The van der Waals surface area contributed by atoms with Crippen LogP contribution in [0.2, 0.25) is 0 Å². The molecule has 0 bridgehead atoms. The van der Waals surface area contributed by atoms with E-state index in [1.807, 2.05) is 13.8 Å². The lowest BCUT2D eigenvalue weighted by molar-refractivity contribution is 0.402. The molecule has 1 aromatic heterocycles. The van der Waals surface area contributed by atoms with Gasteiger partial charge in [0, 0.05) is 6.04 Å². The van der Waals surface area contributed by atoms with Gasteiger partial charge in [-0.15, -0.1) is 0 Å². The molecule has 0 amide bonds. The van der Waals surface area contributed by atoms with Gasteiger partial charge in [0.05, 0.1) is 6.54 Å². The molecule has 92 valence electrons. The highest BCUT2D eigenvalue weighted by atomic mass is 32.2. The summed E-state index contributed by atoms with van der Waals surface area (Å²) in [5.41, 5.74) is 0. The second-order valence-corrected chi connectivity index (χ2v) is 5.33. The van der Waals surface area contributed by atoms with Crippen LogP contribution in [0, 0.1) is 0 Å². The zero-order valence-corrected chi connectivity index (χ0v) is 10.6. The second-order valence-electron chi connectivity index (χ2n) is 3.68. The Kier molecular flexibility index (Phi) is 4.52. The first-order valence-corrected chi connectivity index (χ1v) is 6.73. The van der Waals surface area contributed by atoms with Crippen molar-refractivity contribution in [1.82, 2.24) is 10.0 Å². The molecular formula is C10H18N2O3S. The van der Waals surface area contributed by atoms with E-state index in [0.717, 1.165) is 6.42 Å². The van der Waals surface area contributed by atoms with Gasteiger partial charge >= 0.3 is 0 Å². The Hall–Kier alpha value is -0.850. The maximum Gasteiger partial charge on any atom is 0.274 e. The van der Waals surface area contributed by atoms with Crippen molar-refractivity contribution < 1.29 is 12.8 Å². The number of nitrogens with one attached hydrogen (secondary N) is 2. The summed E-state index contributed by atoms with van der Waals surface area (Å²) in [6.45, 7) is 4.25. The average Bonchev–Trinajstić information content (AvgIpc) is 2.67. The van der Waals surface area contributed by atoms with E-state index in [0.29, 0.717) is 12.3 Å². The van der Waals surface area contributed by atoms with Gasteiger partial charge in [-0.3, -0.25) is 0 Å². The molecule has 1 unspecified atom stereocenters. The first-order valence-electron chi connectivity index (χ1n) is 5.25. The lowest BCUT2D eigenvalue weighted by Crippen LogP contribution is -2.31. The van der Waals surface area contributed by atoms with Crippen molar-refractivity contribution in [3.63, 3.8) is 0 Å². The molecule has 0 aromatic carbocycles. The topological polar surface area (TPSA) is 71.3 Å². The molecule has 1 aromatic rings. The molecular weight excluding hydrogens is 228 g/mol. The van der Waals surface area contributed by atoms with E-state index in [-0.39, 0.29) is 11.1 Å². The van der Waals surface area contributed by atoms with Gasteiger partial charge < -0.3 is 9.73 Å². The number of hydrogen-bond acceptors (Lipinski definition) is 4. The fourth-order valence-corrected chi connectivity index (χ4v) is 2.45. The zero-order chi connectivity index (χ0) is 12.2. The van der Waals surface area contributed by atoms with Crippen molar-refractivity contribution in [3.05, 3.63) is 17.9 Å². The van der Waals surface area contributed by atoms with Crippen LogP contribution in [0.1, 0.15) is 26.0 Å². The maximum atomic E-state index is 11.8. The molecule has 2 N–H and O–H groups in total. The Morgan fingerprint density at radius 3 is 2.69 bits per heavy atom. The zero-order valence-electron chi connectivity index (χ0n) is 9.78. The molecule has 0 aliphatic heterocycles. The average molecular weight is 246 g/mol. The summed E-state index contributed by atoms with van der Waals surface area (Å²) >= 11 is 0. The SMILES string of the molecule is CCC(C)NS(=O)(=O)c1ccc(CNC)o1. The van der Waals surface area contributed by atoms with Gasteiger partial charge in [-0.2, -0.15) is 0 Å². The largest absolute Gasteiger partial charge is 0.447 e. The molecule has 1 atom stereocenters. The van der Waals surface area contributed by atoms with Gasteiger partial charge in [-0.25, -0.2) is 13.1 Å². The van der Waals surface area contributed by atoms with Crippen LogP contribution >= 0.6 is 0 Å². The van der Waals surface area contributed by atoms with Crippen molar-refractivity contribution in [2.24, 2.45) is 0 Å². The van der Waals surface area contributed by atoms with Gasteiger partial charge in [0.25, 0.3) is 10.0 Å². The normalized spacial score (nSPS) is 13.9. The fraction of sp³-hybridized carbons (Fsp3) is 0.600. The molecule has 1 heterocycles. The minimum absolute atomic E-state index is 0.0296. The Labute approximate surface area is 96.3 Å². The molecule has 5 nitrogen and oxygen atoms in total. The molecule has 6 heteroatoms. The van der Waals surface area contributed by atoms with Gasteiger partial charge in [0.1, 0.15) is 5.76 Å². The van der Waals surface area contributed by atoms with Crippen molar-refractivity contribution in [2.45, 2.75) is 37.9 Å². The quantitative estimate of drug-likeness (QED) is 0.788. The Morgan fingerprint density at radius 1 is 1.44 bits per heavy atom. The number of furan rings is 1. The minimum atomic E-state index is -3.51. The second kappa shape index (κ2) is 5.47. The van der Waals surface area contributed by atoms with Crippen LogP contribution in [0.3, 0.4) is 0 Å². The van der Waals surface area contributed by atoms with Crippen LogP contribution in [-0.2, 0) is 16.6 Å². The third-order valence-corrected chi connectivity index (χ3v) is 3.68. The molecule has 0 saturated carbocycles. The summed E-state index contributed by atoms with van der Waals surface area (Å²) < 4.78 is 31.3. The highest BCUT2D eigenvalue weighted by Crippen LogP contribution is 2.14. The molecule has 0 aliphatic rings. The summed E-state index contributed by atoms with van der Waals surface area (Å²) in [4.78, 5) is 0. The highest BCUT2D eigenvalue weighted by Gasteiger charge is 2.20. The lowest BCUT2D eigenvalue weighted by atomic mass is 10.3. The van der Waals surface area contributed by atoms with Crippen LogP contribution in [-0.4, -0.2) is 21.5 Å². The van der Waals surface area contributed by atoms with Crippen molar-refractivity contribution >= 4 is 10.0 Å². The van der Waals surface area contributed by atoms with Crippen molar-refractivity contribution in [1.29, 1.82) is 0 Å². The van der Waals surface area contributed by atoms with E-state index in [1.54, 1.807) is 13.1 Å². The molecule has 0 fully saturated rings. The Morgan fingerprint density at radius 2 is 2.12 bits per heavy atom. The first kappa shape index (κ1) is 13.2. The summed E-state index contributed by atoms with van der Waals surface area (Å²) in [5.74, 6) is 0.604. The summed E-state index contributed by atoms with van der Waals surface area (Å²) in [6.07, 6.45) is 0.739. The van der Waals surface area contributed by atoms with Crippen LogP contribution < -0.4 is 10.0 Å². The maximum absolute atomic E-state index is 11.8. The molecule has 0 aliphatic carbocycles. The van der Waals surface area contributed by atoms with Gasteiger partial charge in [-0.1, -0.05) is 6.92 Å². The standard InChI is InChI=1S/C10H18N2O3S/c1-4-8(2)12-16(13,14)10-6-5-9(15-10)7-11-3/h5-6,8,11-12H,4,7H2,1-3H3. The Balaban J connectivity index is 2.81. The van der Waals surface area contributed by atoms with Crippen molar-refractivity contribution in [2.75, 3.05) is 7.05 Å². The van der Waals surface area contributed by atoms with E-state index >= 15 is 0 Å². The molecule has 1 rings (SSSR count). The van der Waals surface area contributed by atoms with Crippen LogP contribution in [0.4, 0.5) is 0 Å². The van der Waals surface area contributed by atoms with Crippen LogP contribution in [0.5, 0.6) is 0 Å². The van der Waals surface area contributed by atoms with E-state index in [9.17, 15) is 8.42 Å². The lowest BCUT2D eigenvalue weighted by Gasteiger charge is -2.09. The highest BCUT2D eigenvalue weighted by molar-refractivity contribution is 7.89. The van der Waals surface area contributed by atoms with E-state index in [2.05, 4.69) is 10.0 Å². The monoisotopic (exact) mass is 246 g/mol. The number of rotatable bonds is 6. The van der Waals surface area contributed by atoms with Crippen LogP contribution in [0.15, 0.2) is 21.6 Å². The van der Waals surface area contributed by atoms with E-state index in [1.165, 1.54) is 6.07 Å². The predicted octanol–water partition coefficient (Wildman–Crippen LogP) is 1.08. The van der Waals surface area contributed by atoms with E-state index < -0.39 is 10.0 Å². The van der Waals surface area contributed by atoms with Gasteiger partial charge in [-0.05, 0) is 32.5 Å². The first-order chi connectivity index (χ1) is 7.49. The number of hydrogen-bond donors (Lipinski definition) is 2. The summed E-state index contributed by atoms with van der Waals surface area (Å²) in [6, 6.07) is 3.03. The molecule has 0 radical (unpaired) electrons. The third kappa shape index (κ3) is 3.33. The minimum Gasteiger partial charge on any atom is -0.447 e. The smallest absolute Gasteiger partial charge is 0.274 e. The van der Waals surface area contributed by atoms with Crippen LogP contribution in [0.25, 0.3) is 0 Å². The van der Waals surface area contributed by atoms with E-state index in [4.69, 9.17) is 4.42 Å².